The van der Waals surface area contributed by atoms with Gasteiger partial charge in [0, 0.05) is 8.22 Å². The second-order valence-corrected chi connectivity index (χ2v) is 4.29. The van der Waals surface area contributed by atoms with Crippen LogP contribution in [0.25, 0.3) is 0 Å². The third-order valence-electron chi connectivity index (χ3n) is 1.40. The van der Waals surface area contributed by atoms with Crippen molar-refractivity contribution in [2.45, 2.75) is 0 Å². The van der Waals surface area contributed by atoms with Crippen molar-refractivity contribution in [2.24, 2.45) is 0 Å². The quantitative estimate of drug-likeness (QED) is 0.433. The van der Waals surface area contributed by atoms with Crippen LogP contribution in [0.1, 0.15) is 0 Å². The molecule has 0 radical (unpaired) electrons. The first-order chi connectivity index (χ1) is 3.22. The van der Waals surface area contributed by atoms with Crippen LogP contribution in [0.4, 0.5) is 0 Å². The predicted octanol–water partition coefficient (Wildman–Crippen LogP) is 0.763. The fourth-order valence-corrected chi connectivity index (χ4v) is 1.74. The molecule has 42 valence electrons. The Labute approximate surface area is 46.0 Å². The van der Waals surface area contributed by atoms with Crippen molar-refractivity contribution in [1.82, 2.24) is 9.34 Å². The van der Waals surface area contributed by atoms with Crippen molar-refractivity contribution in [3.8, 4) is 0 Å². The average molecular weight is 118 g/mol. The predicted molar refractivity (Wildman–Crippen MR) is 33.2 cm³/mol. The highest BCUT2D eigenvalue weighted by molar-refractivity contribution is 7.53. The summed E-state index contributed by atoms with van der Waals surface area (Å²) in [5.41, 5.74) is 0. The Bertz CT molecular complexity index is 68.1. The Morgan fingerprint density at radius 1 is 1.29 bits per heavy atom. The van der Waals surface area contributed by atoms with E-state index in [1.54, 1.807) is 0 Å². The maximum absolute atomic E-state index is 2.36. The first-order valence-corrected chi connectivity index (χ1v) is 4.07. The largest absolute Gasteiger partial charge is 0.259 e. The van der Waals surface area contributed by atoms with E-state index in [0.29, 0.717) is 0 Å². The Hall–Kier alpha value is 0.350. The highest BCUT2D eigenvalue weighted by Crippen LogP contribution is 2.46. The van der Waals surface area contributed by atoms with E-state index >= 15 is 0 Å². The second kappa shape index (κ2) is 1.70. The summed E-state index contributed by atoms with van der Waals surface area (Å²) in [5, 5.41) is 0. The first kappa shape index (κ1) is 5.49. The highest BCUT2D eigenvalue weighted by atomic mass is 31.1. The third kappa shape index (κ3) is 0.788. The molecule has 0 atom stereocenters. The number of rotatable bonds is 0. The molecule has 2 nitrogen and oxygen atoms in total. The van der Waals surface area contributed by atoms with E-state index < -0.39 is 0 Å². The molecule has 0 spiro atoms. The van der Waals surface area contributed by atoms with Gasteiger partial charge in [-0.3, -0.25) is 9.34 Å². The lowest BCUT2D eigenvalue weighted by Gasteiger charge is -2.44. The zero-order chi connectivity index (χ0) is 5.44. The van der Waals surface area contributed by atoms with Crippen LogP contribution in [-0.4, -0.2) is 36.8 Å². The van der Waals surface area contributed by atoms with Gasteiger partial charge in [0.2, 0.25) is 0 Å². The molecule has 1 rings (SSSR count). The van der Waals surface area contributed by atoms with Gasteiger partial charge in [0.25, 0.3) is 0 Å². The van der Waals surface area contributed by atoms with Crippen LogP contribution >= 0.6 is 8.22 Å². The lowest BCUT2D eigenvalue weighted by atomic mass is 11.0. The monoisotopic (exact) mass is 118 g/mol. The smallest absolute Gasteiger partial charge is 0.0594 e. The van der Waals surface area contributed by atoms with Gasteiger partial charge in [0.1, 0.15) is 0 Å². The Balaban J connectivity index is 2.29. The molecule has 0 aromatic rings. The van der Waals surface area contributed by atoms with Crippen molar-refractivity contribution >= 4 is 8.22 Å². The molecule has 7 heavy (non-hydrogen) atoms. The first-order valence-electron chi connectivity index (χ1n) is 2.37. The van der Waals surface area contributed by atoms with Gasteiger partial charge in [0.05, 0.1) is 6.67 Å². The molecule has 1 fully saturated rings. The Morgan fingerprint density at radius 3 is 1.71 bits per heavy atom. The summed E-state index contributed by atoms with van der Waals surface area (Å²) in [5.74, 6) is 0. The van der Waals surface area contributed by atoms with E-state index in [-0.39, 0.29) is 8.22 Å². The van der Waals surface area contributed by atoms with Crippen molar-refractivity contribution in [3.05, 3.63) is 0 Å². The van der Waals surface area contributed by atoms with Gasteiger partial charge in [-0.1, -0.05) is 0 Å². The average Bonchev–Trinajstić information content (AvgIpc) is 1.68. The third-order valence-corrected chi connectivity index (χ3v) is 3.63. The molecule has 0 aliphatic carbocycles. The molecule has 0 amide bonds. The molecule has 0 bridgehead atoms. The van der Waals surface area contributed by atoms with E-state index in [9.17, 15) is 0 Å². The van der Waals surface area contributed by atoms with Crippen LogP contribution in [0.5, 0.6) is 0 Å². The molecule has 1 heterocycles. The molecule has 1 aliphatic heterocycles. The van der Waals surface area contributed by atoms with E-state index in [4.69, 9.17) is 0 Å². The zero-order valence-electron chi connectivity index (χ0n) is 5.05. The van der Waals surface area contributed by atoms with Gasteiger partial charge in [-0.2, -0.15) is 0 Å². The van der Waals surface area contributed by atoms with E-state index in [0.717, 1.165) is 6.67 Å². The molecule has 1 aliphatic rings. The molecule has 0 aromatic heterocycles. The maximum Gasteiger partial charge on any atom is 0.0594 e. The van der Waals surface area contributed by atoms with E-state index in [1.807, 2.05) is 0 Å². The molecule has 0 saturated carbocycles. The number of nitrogens with zero attached hydrogens (tertiary/aromatic N) is 2. The fourth-order valence-electron chi connectivity index (χ4n) is 0.674. The van der Waals surface area contributed by atoms with Crippen molar-refractivity contribution in [1.29, 1.82) is 0 Å². The van der Waals surface area contributed by atoms with E-state index in [1.165, 1.54) is 0 Å². The normalized spacial score (nSPS) is 27.9. The van der Waals surface area contributed by atoms with Gasteiger partial charge in [-0.05, 0) is 20.8 Å². The number of hydrogen-bond donors (Lipinski definition) is 0. The maximum atomic E-state index is 2.36. The number of hydrogen-bond acceptors (Lipinski definition) is 2. The summed E-state index contributed by atoms with van der Waals surface area (Å²) in [7, 11) is 4.44. The lowest BCUT2D eigenvalue weighted by molar-refractivity contribution is 0.297. The van der Waals surface area contributed by atoms with Gasteiger partial charge < -0.3 is 0 Å². The molecule has 3 heteroatoms. The summed E-state index contributed by atoms with van der Waals surface area (Å²) in [6, 6.07) is 0. The van der Waals surface area contributed by atoms with Gasteiger partial charge >= 0.3 is 0 Å². The topological polar surface area (TPSA) is 6.48 Å². The Kier molecular flexibility index (Phi) is 1.33. The molecule has 1 saturated heterocycles. The van der Waals surface area contributed by atoms with E-state index in [2.05, 4.69) is 30.1 Å². The van der Waals surface area contributed by atoms with Crippen LogP contribution in [0.3, 0.4) is 0 Å². The van der Waals surface area contributed by atoms with Crippen molar-refractivity contribution in [3.63, 3.8) is 0 Å². The SMILES string of the molecule is CN1CN(C)P1C. The van der Waals surface area contributed by atoms with Crippen LogP contribution in [-0.2, 0) is 0 Å². The second-order valence-electron chi connectivity index (χ2n) is 1.95. The van der Waals surface area contributed by atoms with Gasteiger partial charge in [-0.25, -0.2) is 0 Å². The molecular weight excluding hydrogens is 107 g/mol. The van der Waals surface area contributed by atoms with Crippen molar-refractivity contribution < 1.29 is 0 Å². The standard InChI is InChI=1S/C4H11N2P/c1-5-4-6(2)7(5)3/h4H2,1-3H3. The minimum absolute atomic E-state index is 0.127. The minimum atomic E-state index is 0.127. The molecular formula is C4H11N2P. The highest BCUT2D eigenvalue weighted by Gasteiger charge is 2.24. The molecule has 0 unspecified atom stereocenters. The van der Waals surface area contributed by atoms with Gasteiger partial charge in [0.15, 0.2) is 0 Å². The van der Waals surface area contributed by atoms with Gasteiger partial charge in [-0.15, -0.1) is 0 Å². The summed E-state index contributed by atoms with van der Waals surface area (Å²) < 4.78 is 4.71. The summed E-state index contributed by atoms with van der Waals surface area (Å²) in [6.07, 6.45) is 0. The Morgan fingerprint density at radius 2 is 1.71 bits per heavy atom. The van der Waals surface area contributed by atoms with Crippen molar-refractivity contribution in [2.75, 3.05) is 27.4 Å². The summed E-state index contributed by atoms with van der Waals surface area (Å²) >= 11 is 0. The minimum Gasteiger partial charge on any atom is -0.259 e. The van der Waals surface area contributed by atoms with Crippen LogP contribution in [0.2, 0.25) is 0 Å². The zero-order valence-corrected chi connectivity index (χ0v) is 5.94. The lowest BCUT2D eigenvalue weighted by Crippen LogP contribution is -2.40. The molecule has 0 N–H and O–H groups in total. The van der Waals surface area contributed by atoms with Crippen LogP contribution < -0.4 is 0 Å². The fraction of sp³-hybridized carbons (Fsp3) is 1.00. The summed E-state index contributed by atoms with van der Waals surface area (Å²) in [4.78, 5) is 0. The van der Waals surface area contributed by atoms with Crippen LogP contribution in [0, 0.1) is 0 Å². The van der Waals surface area contributed by atoms with Crippen LogP contribution in [0.15, 0.2) is 0 Å². The molecule has 0 aromatic carbocycles. The summed E-state index contributed by atoms with van der Waals surface area (Å²) in [6.45, 7) is 3.42.